The van der Waals surface area contributed by atoms with Gasteiger partial charge < -0.3 is 10.6 Å². The first-order valence-corrected chi connectivity index (χ1v) is 12.0. The van der Waals surface area contributed by atoms with Crippen LogP contribution in [0.15, 0.2) is 107 Å². The zero-order valence-corrected chi connectivity index (χ0v) is 19.3. The molecule has 3 aliphatic heterocycles. The standard InChI is InChI=1S/C28H19N5OS/c29-16-19-23(18-11-5-2-6-12-18)24(26-31-20-13-7-8-14-21(20)32-26)28-33(25(19)30)27(34)22(35-28)15-17-9-3-1-4-10-17/h1-15,28,30-32H. The lowest BCUT2D eigenvalue weighted by molar-refractivity contribution is -0.122. The summed E-state index contributed by atoms with van der Waals surface area (Å²) in [6, 6.07) is 29.3. The molecule has 3 N–H and O–H groups in total. The third-order valence-electron chi connectivity index (χ3n) is 6.13. The number of hydrogen-bond acceptors (Lipinski definition) is 6. The summed E-state index contributed by atoms with van der Waals surface area (Å²) in [6.07, 6.45) is 1.85. The number of thioether (sulfide) groups is 1. The smallest absolute Gasteiger partial charge is 0.267 e. The summed E-state index contributed by atoms with van der Waals surface area (Å²) in [7, 11) is 0. The molecule has 0 aromatic heterocycles. The Morgan fingerprint density at radius 3 is 2.14 bits per heavy atom. The van der Waals surface area contributed by atoms with Crippen molar-refractivity contribution in [2.45, 2.75) is 5.37 Å². The molecule has 3 aliphatic rings. The van der Waals surface area contributed by atoms with Crippen LogP contribution in [0.5, 0.6) is 0 Å². The summed E-state index contributed by atoms with van der Waals surface area (Å²) >= 11 is 1.40. The third-order valence-corrected chi connectivity index (χ3v) is 7.35. The molecule has 0 saturated carbocycles. The van der Waals surface area contributed by atoms with Gasteiger partial charge in [0.25, 0.3) is 5.91 Å². The number of fused-ring (bicyclic) bond motifs is 2. The van der Waals surface area contributed by atoms with Gasteiger partial charge in [0, 0.05) is 11.1 Å². The number of hydrogen-bond donors (Lipinski definition) is 3. The van der Waals surface area contributed by atoms with Crippen molar-refractivity contribution < 1.29 is 4.79 Å². The molecule has 7 heteroatoms. The van der Waals surface area contributed by atoms with E-state index >= 15 is 0 Å². The number of benzene rings is 3. The van der Waals surface area contributed by atoms with Crippen LogP contribution in [0.2, 0.25) is 0 Å². The molecule has 0 radical (unpaired) electrons. The number of carbonyl (C=O) groups is 1. The average Bonchev–Trinajstić information content (AvgIpc) is 3.46. The van der Waals surface area contributed by atoms with E-state index in [2.05, 4.69) is 16.7 Å². The highest BCUT2D eigenvalue weighted by atomic mass is 32.2. The van der Waals surface area contributed by atoms with Gasteiger partial charge in [-0.2, -0.15) is 5.26 Å². The molecule has 6 nitrogen and oxygen atoms in total. The Morgan fingerprint density at radius 1 is 0.914 bits per heavy atom. The molecular formula is C28H19N5OS. The van der Waals surface area contributed by atoms with Crippen molar-refractivity contribution in [3.63, 3.8) is 0 Å². The number of para-hydroxylation sites is 2. The monoisotopic (exact) mass is 473 g/mol. The predicted octanol–water partition coefficient (Wildman–Crippen LogP) is 5.65. The zero-order valence-electron chi connectivity index (χ0n) is 18.4. The molecular weight excluding hydrogens is 454 g/mol. The van der Waals surface area contributed by atoms with Crippen molar-refractivity contribution in [1.29, 1.82) is 10.7 Å². The molecule has 3 aromatic rings. The highest BCUT2D eigenvalue weighted by Crippen LogP contribution is 2.50. The van der Waals surface area contributed by atoms with Crippen LogP contribution in [-0.2, 0) is 4.79 Å². The van der Waals surface area contributed by atoms with Crippen molar-refractivity contribution in [1.82, 2.24) is 4.90 Å². The SMILES string of the molecule is N#CC1=C(c2ccccc2)C(=C2Nc3ccccc3N2)C2SC(=Cc3ccccc3)C(=O)N2C1=N. The molecule has 0 bridgehead atoms. The van der Waals surface area contributed by atoms with Crippen LogP contribution in [0.3, 0.4) is 0 Å². The molecule has 3 aromatic carbocycles. The molecule has 168 valence electrons. The first-order chi connectivity index (χ1) is 17.2. The normalized spacial score (nSPS) is 19.9. The van der Waals surface area contributed by atoms with E-state index in [1.54, 1.807) is 0 Å². The number of nitrogens with one attached hydrogen (secondary N) is 3. The van der Waals surface area contributed by atoms with Crippen LogP contribution >= 0.6 is 11.8 Å². The maximum Gasteiger partial charge on any atom is 0.267 e. The van der Waals surface area contributed by atoms with Gasteiger partial charge in [-0.15, -0.1) is 0 Å². The predicted molar refractivity (Wildman–Crippen MR) is 140 cm³/mol. The summed E-state index contributed by atoms with van der Waals surface area (Å²) in [5, 5.41) is 25.4. The van der Waals surface area contributed by atoms with Crippen LogP contribution in [0.4, 0.5) is 11.4 Å². The number of amides is 1. The maximum atomic E-state index is 13.5. The first kappa shape index (κ1) is 21.0. The lowest BCUT2D eigenvalue weighted by Crippen LogP contribution is -2.44. The van der Waals surface area contributed by atoms with E-state index in [0.717, 1.165) is 28.1 Å². The molecule has 0 spiro atoms. The Kier molecular flexibility index (Phi) is 5.02. The minimum Gasteiger partial charge on any atom is -0.340 e. The molecule has 1 fully saturated rings. The van der Waals surface area contributed by atoms with Gasteiger partial charge in [-0.1, -0.05) is 84.6 Å². The van der Waals surface area contributed by atoms with Crippen molar-refractivity contribution in [3.8, 4) is 6.07 Å². The number of rotatable bonds is 2. The minimum atomic E-state index is -0.499. The topological polar surface area (TPSA) is 92.0 Å². The van der Waals surface area contributed by atoms with Gasteiger partial charge in [0.1, 0.15) is 28.7 Å². The van der Waals surface area contributed by atoms with Gasteiger partial charge in [0.05, 0.1) is 16.3 Å². The van der Waals surface area contributed by atoms with Crippen LogP contribution in [0.1, 0.15) is 11.1 Å². The van der Waals surface area contributed by atoms with E-state index in [1.165, 1.54) is 16.7 Å². The molecule has 6 rings (SSSR count). The summed E-state index contributed by atoms with van der Waals surface area (Å²) in [4.78, 5) is 15.5. The fourth-order valence-corrected chi connectivity index (χ4v) is 5.85. The summed E-state index contributed by atoms with van der Waals surface area (Å²) in [5.41, 5.74) is 5.17. The maximum absolute atomic E-state index is 13.5. The van der Waals surface area contributed by atoms with Gasteiger partial charge in [0.2, 0.25) is 0 Å². The molecule has 0 aliphatic carbocycles. The van der Waals surface area contributed by atoms with Crippen LogP contribution < -0.4 is 10.6 Å². The molecule has 1 atom stereocenters. The first-order valence-electron chi connectivity index (χ1n) is 11.1. The Labute approximate surface area is 206 Å². The zero-order chi connectivity index (χ0) is 23.9. The second-order valence-electron chi connectivity index (χ2n) is 8.23. The van der Waals surface area contributed by atoms with Crippen LogP contribution in [0, 0.1) is 16.7 Å². The minimum absolute atomic E-state index is 0.0785. The Bertz CT molecular complexity index is 1490. The molecule has 1 unspecified atom stereocenters. The number of nitriles is 1. The third kappa shape index (κ3) is 3.43. The summed E-state index contributed by atoms with van der Waals surface area (Å²) in [6.45, 7) is 0. The number of nitrogens with zero attached hydrogens (tertiary/aromatic N) is 2. The van der Waals surface area contributed by atoms with E-state index in [0.29, 0.717) is 16.3 Å². The van der Waals surface area contributed by atoms with Gasteiger partial charge in [-0.25, -0.2) is 0 Å². The van der Waals surface area contributed by atoms with E-state index in [1.807, 2.05) is 91.0 Å². The van der Waals surface area contributed by atoms with E-state index in [4.69, 9.17) is 5.41 Å². The summed E-state index contributed by atoms with van der Waals surface area (Å²) < 4.78 is 0. The summed E-state index contributed by atoms with van der Waals surface area (Å²) in [5.74, 6) is 0.356. The highest BCUT2D eigenvalue weighted by molar-refractivity contribution is 8.05. The lowest BCUT2D eigenvalue weighted by atomic mass is 9.88. The molecule has 1 amide bonds. The molecule has 35 heavy (non-hydrogen) atoms. The Morgan fingerprint density at radius 2 is 1.51 bits per heavy atom. The average molecular weight is 474 g/mol. The van der Waals surface area contributed by atoms with Crippen molar-refractivity contribution >= 4 is 46.5 Å². The van der Waals surface area contributed by atoms with Gasteiger partial charge in [-0.3, -0.25) is 15.1 Å². The van der Waals surface area contributed by atoms with Gasteiger partial charge >= 0.3 is 0 Å². The fourth-order valence-electron chi connectivity index (χ4n) is 4.55. The Balaban J connectivity index is 1.56. The lowest BCUT2D eigenvalue weighted by Gasteiger charge is -2.34. The van der Waals surface area contributed by atoms with E-state index < -0.39 is 5.37 Å². The number of carbonyl (C=O) groups excluding carboxylic acids is 1. The van der Waals surface area contributed by atoms with Crippen LogP contribution in [-0.4, -0.2) is 22.0 Å². The van der Waals surface area contributed by atoms with Gasteiger partial charge in [0.15, 0.2) is 0 Å². The van der Waals surface area contributed by atoms with E-state index in [-0.39, 0.29) is 17.3 Å². The van der Waals surface area contributed by atoms with Crippen LogP contribution in [0.25, 0.3) is 11.6 Å². The second kappa shape index (κ2) is 8.35. The van der Waals surface area contributed by atoms with E-state index in [9.17, 15) is 10.1 Å². The van der Waals surface area contributed by atoms with Crippen molar-refractivity contribution in [2.24, 2.45) is 0 Å². The number of amidine groups is 1. The second-order valence-corrected chi connectivity index (χ2v) is 9.35. The molecule has 1 saturated heterocycles. The Hall–Kier alpha value is -4.54. The van der Waals surface area contributed by atoms with Gasteiger partial charge in [-0.05, 0) is 29.3 Å². The largest absolute Gasteiger partial charge is 0.340 e. The number of anilines is 2. The fraction of sp³-hybridized carbons (Fsp3) is 0.0357. The van der Waals surface area contributed by atoms with Crippen molar-refractivity contribution in [3.05, 3.63) is 118 Å². The molecule has 3 heterocycles. The van der Waals surface area contributed by atoms with Crippen molar-refractivity contribution in [2.75, 3.05) is 10.6 Å². The quantitative estimate of drug-likeness (QED) is 0.419. The highest BCUT2D eigenvalue weighted by Gasteiger charge is 2.48.